The van der Waals surface area contributed by atoms with Gasteiger partial charge in [0.2, 0.25) is 0 Å². The van der Waals surface area contributed by atoms with E-state index in [1.54, 1.807) is 30.5 Å². The van der Waals surface area contributed by atoms with Gasteiger partial charge in [0.1, 0.15) is 0 Å². The van der Waals surface area contributed by atoms with Crippen LogP contribution in [0, 0.1) is 17.8 Å². The van der Waals surface area contributed by atoms with E-state index in [-0.39, 0.29) is 4.90 Å². The van der Waals surface area contributed by atoms with Crippen molar-refractivity contribution in [2.24, 2.45) is 17.8 Å². The predicted molar refractivity (Wildman–Crippen MR) is 138 cm³/mol. The van der Waals surface area contributed by atoms with Gasteiger partial charge in [0.25, 0.3) is 10.0 Å². The lowest BCUT2D eigenvalue weighted by Crippen LogP contribution is -2.62. The average molecular weight is 485 g/mol. The fourth-order valence-corrected chi connectivity index (χ4v) is 8.12. The van der Waals surface area contributed by atoms with Crippen LogP contribution in [0.5, 0.6) is 0 Å². The lowest BCUT2D eigenvalue weighted by atomic mass is 9.65. The number of piperidine rings is 3. The fourth-order valence-electron chi connectivity index (χ4n) is 6.73. The van der Waals surface area contributed by atoms with Crippen molar-refractivity contribution in [1.29, 1.82) is 0 Å². The second-order valence-electron chi connectivity index (χ2n) is 10.4. The third-order valence-corrected chi connectivity index (χ3v) is 9.83. The monoisotopic (exact) mass is 484 g/mol. The Morgan fingerprint density at radius 2 is 1.60 bits per heavy atom. The molecule has 2 aromatic carbocycles. The molecule has 7 heteroatoms. The van der Waals surface area contributed by atoms with Gasteiger partial charge < -0.3 is 10.2 Å². The van der Waals surface area contributed by atoms with E-state index in [0.717, 1.165) is 40.1 Å². The molecule has 0 radical (unpaired) electrons. The molecule has 4 fully saturated rings. The van der Waals surface area contributed by atoms with E-state index in [4.69, 9.17) is 4.98 Å². The van der Waals surface area contributed by atoms with Crippen molar-refractivity contribution in [3.05, 3.63) is 79.1 Å². The van der Waals surface area contributed by atoms with Gasteiger partial charge in [-0.05, 0) is 60.9 Å². The highest BCUT2D eigenvalue weighted by Gasteiger charge is 2.47. The first-order valence-corrected chi connectivity index (χ1v) is 13.9. The molecule has 4 aliphatic rings. The first kappa shape index (κ1) is 21.1. The SMILES string of the molecule is O=S(=O)(c1ccccc1)n1cc(-c2ccc(NC3[C@H]4CC5C[C@H]3CN(C5)C4)cn2)c2ccccc21. The molecule has 4 aromatic rings. The molecule has 4 bridgehead atoms. The molecule has 3 saturated heterocycles. The molecule has 1 aliphatic carbocycles. The topological polar surface area (TPSA) is 67.2 Å². The Morgan fingerprint density at radius 1 is 0.857 bits per heavy atom. The van der Waals surface area contributed by atoms with Crippen molar-refractivity contribution < 1.29 is 8.42 Å². The highest BCUT2D eigenvalue weighted by Crippen LogP contribution is 2.44. The van der Waals surface area contributed by atoms with Crippen molar-refractivity contribution in [2.75, 3.05) is 25.0 Å². The number of benzene rings is 2. The predicted octanol–water partition coefficient (Wildman–Crippen LogP) is 4.69. The first-order valence-electron chi connectivity index (χ1n) is 12.4. The molecule has 0 amide bonds. The molecule has 0 unspecified atom stereocenters. The van der Waals surface area contributed by atoms with E-state index in [1.165, 1.54) is 36.4 Å². The number of nitrogens with one attached hydrogen (secondary N) is 1. The van der Waals surface area contributed by atoms with Crippen LogP contribution >= 0.6 is 0 Å². The normalized spacial score (nSPS) is 27.4. The minimum atomic E-state index is -3.72. The molecular weight excluding hydrogens is 456 g/mol. The smallest absolute Gasteiger partial charge is 0.268 e. The van der Waals surface area contributed by atoms with Crippen LogP contribution in [0.15, 0.2) is 84.0 Å². The summed E-state index contributed by atoms with van der Waals surface area (Å²) < 4.78 is 28.2. The van der Waals surface area contributed by atoms with Crippen LogP contribution in [0.1, 0.15) is 12.8 Å². The Labute approximate surface area is 205 Å². The van der Waals surface area contributed by atoms with Crippen LogP contribution in [0.3, 0.4) is 0 Å². The third kappa shape index (κ3) is 3.48. The van der Waals surface area contributed by atoms with E-state index in [2.05, 4.69) is 16.3 Å². The summed E-state index contributed by atoms with van der Waals surface area (Å²) in [5.41, 5.74) is 3.28. The zero-order valence-corrected chi connectivity index (χ0v) is 20.2. The van der Waals surface area contributed by atoms with Crippen molar-refractivity contribution in [1.82, 2.24) is 13.9 Å². The molecule has 0 spiro atoms. The average Bonchev–Trinajstić information content (AvgIpc) is 3.27. The van der Waals surface area contributed by atoms with Gasteiger partial charge in [-0.2, -0.15) is 0 Å². The van der Waals surface area contributed by atoms with Gasteiger partial charge in [-0.3, -0.25) is 4.98 Å². The molecule has 35 heavy (non-hydrogen) atoms. The minimum Gasteiger partial charge on any atom is -0.380 e. The highest BCUT2D eigenvalue weighted by molar-refractivity contribution is 7.90. The summed E-state index contributed by atoms with van der Waals surface area (Å²) in [5.74, 6) is 2.33. The molecule has 1 saturated carbocycles. The van der Waals surface area contributed by atoms with Crippen molar-refractivity contribution in [2.45, 2.75) is 23.8 Å². The number of nitrogens with zero attached hydrogens (tertiary/aromatic N) is 3. The minimum absolute atomic E-state index is 0.270. The van der Waals surface area contributed by atoms with E-state index in [1.807, 2.05) is 42.6 Å². The maximum absolute atomic E-state index is 13.4. The van der Waals surface area contributed by atoms with Gasteiger partial charge in [0.15, 0.2) is 0 Å². The molecule has 3 aliphatic heterocycles. The summed E-state index contributed by atoms with van der Waals surface area (Å²) >= 11 is 0. The van der Waals surface area contributed by atoms with Crippen molar-refractivity contribution in [3.63, 3.8) is 0 Å². The standard InChI is InChI=1S/C28H28N4O2S/c33-35(34,23-6-2-1-3-7-23)32-18-25(24-8-4-5-9-27(24)32)26-11-10-22(14-29-26)30-28-20-12-19-13-21(28)17-31(15-19)16-20/h1-11,14,18-21,28,30H,12-13,15-17H2/t19?,20-,21-,28?/m0/s1. The molecule has 8 rings (SSSR count). The van der Waals surface area contributed by atoms with Crippen molar-refractivity contribution in [3.8, 4) is 11.3 Å². The van der Waals surface area contributed by atoms with Crippen LogP contribution in [0.25, 0.3) is 22.2 Å². The van der Waals surface area contributed by atoms with Gasteiger partial charge in [-0.15, -0.1) is 0 Å². The van der Waals surface area contributed by atoms with E-state index >= 15 is 0 Å². The van der Waals surface area contributed by atoms with E-state index < -0.39 is 10.0 Å². The maximum atomic E-state index is 13.4. The van der Waals surface area contributed by atoms with E-state index in [9.17, 15) is 8.42 Å². The number of hydrogen-bond acceptors (Lipinski definition) is 5. The molecule has 5 heterocycles. The Kier molecular flexibility index (Phi) is 4.79. The Bertz CT molecular complexity index is 1470. The quantitative estimate of drug-likeness (QED) is 0.445. The Morgan fingerprint density at radius 3 is 2.31 bits per heavy atom. The summed E-state index contributed by atoms with van der Waals surface area (Å²) in [7, 11) is -3.72. The number of pyridine rings is 1. The summed E-state index contributed by atoms with van der Waals surface area (Å²) in [6.45, 7) is 3.72. The summed E-state index contributed by atoms with van der Waals surface area (Å²) in [6.07, 6.45) is 6.28. The Balaban J connectivity index is 1.21. The van der Waals surface area contributed by atoms with Crippen LogP contribution in [0.4, 0.5) is 5.69 Å². The number of rotatable bonds is 5. The van der Waals surface area contributed by atoms with Crippen LogP contribution in [-0.4, -0.2) is 48.0 Å². The van der Waals surface area contributed by atoms with Gasteiger partial charge in [0.05, 0.1) is 28.0 Å². The van der Waals surface area contributed by atoms with E-state index in [0.29, 0.717) is 11.6 Å². The van der Waals surface area contributed by atoms with Gasteiger partial charge in [-0.1, -0.05) is 36.4 Å². The Hall–Kier alpha value is -3.16. The molecule has 178 valence electrons. The number of para-hydroxylation sites is 1. The van der Waals surface area contributed by atoms with Crippen LogP contribution in [0.2, 0.25) is 0 Å². The summed E-state index contributed by atoms with van der Waals surface area (Å²) in [5, 5.41) is 4.67. The number of fused-ring (bicyclic) bond motifs is 1. The molecule has 1 N–H and O–H groups in total. The molecule has 6 nitrogen and oxygen atoms in total. The molecule has 2 atom stereocenters. The third-order valence-electron chi connectivity index (χ3n) is 8.14. The second-order valence-corrected chi connectivity index (χ2v) is 12.2. The summed E-state index contributed by atoms with van der Waals surface area (Å²) in [6, 6.07) is 20.8. The van der Waals surface area contributed by atoms with Gasteiger partial charge >= 0.3 is 0 Å². The summed E-state index contributed by atoms with van der Waals surface area (Å²) in [4.78, 5) is 7.68. The van der Waals surface area contributed by atoms with Crippen molar-refractivity contribution >= 4 is 26.6 Å². The zero-order chi connectivity index (χ0) is 23.6. The lowest BCUT2D eigenvalue weighted by Gasteiger charge is -2.56. The maximum Gasteiger partial charge on any atom is 0.268 e. The second kappa shape index (κ2) is 7.93. The van der Waals surface area contributed by atoms with Gasteiger partial charge in [-0.25, -0.2) is 12.4 Å². The fraction of sp³-hybridized carbons (Fsp3) is 0.321. The molecular formula is C28H28N4O2S. The number of hydrogen-bond donors (Lipinski definition) is 1. The number of anilines is 1. The number of aromatic nitrogens is 2. The first-order chi connectivity index (χ1) is 17.1. The van der Waals surface area contributed by atoms with Crippen LogP contribution < -0.4 is 5.32 Å². The largest absolute Gasteiger partial charge is 0.380 e. The van der Waals surface area contributed by atoms with Crippen LogP contribution in [-0.2, 0) is 10.0 Å². The zero-order valence-electron chi connectivity index (χ0n) is 19.4. The van der Waals surface area contributed by atoms with Gasteiger partial charge in [0, 0.05) is 42.8 Å². The molecule has 2 aromatic heterocycles. The highest BCUT2D eigenvalue weighted by atomic mass is 32.2. The lowest BCUT2D eigenvalue weighted by molar-refractivity contribution is -0.0269.